The summed E-state index contributed by atoms with van der Waals surface area (Å²) in [5, 5.41) is 10.3. The maximum Gasteiger partial charge on any atom is 0.387 e. The summed E-state index contributed by atoms with van der Waals surface area (Å²) in [5.74, 6) is 0.0607. The lowest BCUT2D eigenvalue weighted by molar-refractivity contribution is -0.0498. The molecule has 0 saturated carbocycles. The first-order chi connectivity index (χ1) is 7.04. The first-order valence-corrected chi connectivity index (χ1v) is 4.36. The van der Waals surface area contributed by atoms with Crippen LogP contribution in [0.2, 0.25) is 0 Å². The minimum atomic E-state index is -2.84. The van der Waals surface area contributed by atoms with Crippen LogP contribution < -0.4 is 10.1 Å². The van der Waals surface area contributed by atoms with Gasteiger partial charge in [0.1, 0.15) is 5.75 Å². The molecule has 0 heterocycles. The summed E-state index contributed by atoms with van der Waals surface area (Å²) in [6.45, 7) is -1.26. The minimum absolute atomic E-state index is 0.0607. The maximum atomic E-state index is 11.9. The van der Waals surface area contributed by atoms with Crippen molar-refractivity contribution in [2.45, 2.75) is 13.5 Å². The Labute approximate surface area is 86.6 Å². The van der Waals surface area contributed by atoms with Gasteiger partial charge in [-0.25, -0.2) is 0 Å². The Balaban J connectivity index is 3.05. The van der Waals surface area contributed by atoms with Gasteiger partial charge >= 0.3 is 6.61 Å². The molecular formula is C10H12F2N2O. The molecule has 1 aromatic carbocycles. The Bertz CT molecular complexity index is 366. The van der Waals surface area contributed by atoms with Crippen molar-refractivity contribution in [3.05, 3.63) is 23.8 Å². The second-order valence-corrected chi connectivity index (χ2v) is 2.96. The predicted octanol–water partition coefficient (Wildman–Crippen LogP) is 2.72. The van der Waals surface area contributed by atoms with E-state index in [1.54, 1.807) is 20.0 Å². The largest absolute Gasteiger partial charge is 0.435 e. The van der Waals surface area contributed by atoms with Gasteiger partial charge in [-0.1, -0.05) is 0 Å². The molecule has 0 aromatic heterocycles. The molecule has 0 fully saturated rings. The first kappa shape index (κ1) is 11.4. The summed E-state index contributed by atoms with van der Waals surface area (Å²) in [6.07, 6.45) is 0. The van der Waals surface area contributed by atoms with Crippen molar-refractivity contribution in [3.8, 4) is 5.75 Å². The third-order valence-electron chi connectivity index (χ3n) is 1.89. The van der Waals surface area contributed by atoms with Crippen LogP contribution in [0.4, 0.5) is 14.5 Å². The molecule has 0 spiro atoms. The number of hydrogen-bond acceptors (Lipinski definition) is 3. The van der Waals surface area contributed by atoms with Crippen LogP contribution in [0.5, 0.6) is 5.75 Å². The van der Waals surface area contributed by atoms with E-state index in [-0.39, 0.29) is 5.75 Å². The molecule has 5 heteroatoms. The van der Waals surface area contributed by atoms with Crippen molar-refractivity contribution in [3.63, 3.8) is 0 Å². The Hall–Kier alpha value is -1.65. The molecule has 15 heavy (non-hydrogen) atoms. The van der Waals surface area contributed by atoms with Gasteiger partial charge in [-0.3, -0.25) is 0 Å². The predicted molar refractivity (Wildman–Crippen MR) is 55.1 cm³/mol. The average molecular weight is 214 g/mol. The van der Waals surface area contributed by atoms with Gasteiger partial charge in [0.2, 0.25) is 0 Å². The molecule has 0 saturated heterocycles. The summed E-state index contributed by atoms with van der Waals surface area (Å²) in [5.41, 5.74) is 1.55. The molecule has 1 rings (SSSR count). The van der Waals surface area contributed by atoms with Crippen molar-refractivity contribution in [2.75, 3.05) is 12.4 Å². The van der Waals surface area contributed by atoms with Crippen LogP contribution in [0, 0.1) is 5.41 Å². The number of anilines is 1. The molecule has 0 bridgehead atoms. The van der Waals surface area contributed by atoms with Gasteiger partial charge in [-0.15, -0.1) is 0 Å². The molecule has 0 aliphatic rings. The molecule has 0 aliphatic heterocycles. The number of nitrogens with one attached hydrogen (secondary N) is 2. The van der Waals surface area contributed by atoms with E-state index in [9.17, 15) is 8.78 Å². The summed E-state index contributed by atoms with van der Waals surface area (Å²) < 4.78 is 28.1. The molecule has 2 N–H and O–H groups in total. The number of ether oxygens (including phenoxy) is 1. The highest BCUT2D eigenvalue weighted by atomic mass is 19.3. The summed E-state index contributed by atoms with van der Waals surface area (Å²) in [7, 11) is 1.70. The second-order valence-electron chi connectivity index (χ2n) is 2.96. The molecule has 0 atom stereocenters. The number of alkyl halides is 2. The van der Waals surface area contributed by atoms with Crippen molar-refractivity contribution < 1.29 is 13.5 Å². The summed E-state index contributed by atoms with van der Waals surface area (Å²) in [4.78, 5) is 0. The Morgan fingerprint density at radius 1 is 1.47 bits per heavy atom. The summed E-state index contributed by atoms with van der Waals surface area (Å²) >= 11 is 0. The fourth-order valence-electron chi connectivity index (χ4n) is 1.23. The zero-order valence-corrected chi connectivity index (χ0v) is 8.47. The van der Waals surface area contributed by atoms with E-state index in [1.807, 2.05) is 0 Å². The topological polar surface area (TPSA) is 45.1 Å². The Morgan fingerprint density at radius 2 is 2.13 bits per heavy atom. The molecule has 0 amide bonds. The van der Waals surface area contributed by atoms with Gasteiger partial charge in [-0.05, 0) is 25.1 Å². The molecule has 0 aliphatic carbocycles. The standard InChI is InChI=1S/C10H12F2N2O/c1-6(13)8-5-7(15-10(11)12)3-4-9(8)14-2/h3-5,10,13-14H,1-2H3. The van der Waals surface area contributed by atoms with E-state index in [0.29, 0.717) is 17.0 Å². The van der Waals surface area contributed by atoms with E-state index < -0.39 is 6.61 Å². The fourth-order valence-corrected chi connectivity index (χ4v) is 1.23. The fraction of sp³-hybridized carbons (Fsp3) is 0.300. The Morgan fingerprint density at radius 3 is 2.60 bits per heavy atom. The zero-order valence-electron chi connectivity index (χ0n) is 8.47. The first-order valence-electron chi connectivity index (χ1n) is 4.36. The summed E-state index contributed by atoms with van der Waals surface area (Å²) in [6, 6.07) is 4.45. The lowest BCUT2D eigenvalue weighted by Gasteiger charge is -2.10. The highest BCUT2D eigenvalue weighted by Gasteiger charge is 2.08. The van der Waals surface area contributed by atoms with Crippen LogP contribution in [0.25, 0.3) is 0 Å². The van der Waals surface area contributed by atoms with Crippen molar-refractivity contribution in [1.82, 2.24) is 0 Å². The average Bonchev–Trinajstić information content (AvgIpc) is 2.16. The third-order valence-corrected chi connectivity index (χ3v) is 1.89. The monoisotopic (exact) mass is 214 g/mol. The maximum absolute atomic E-state index is 11.9. The number of halogens is 2. The zero-order chi connectivity index (χ0) is 11.4. The quantitative estimate of drug-likeness (QED) is 0.757. The number of rotatable bonds is 4. The van der Waals surface area contributed by atoms with Gasteiger partial charge < -0.3 is 15.5 Å². The van der Waals surface area contributed by atoms with Gasteiger partial charge in [0.25, 0.3) is 0 Å². The molecular weight excluding hydrogens is 202 g/mol. The number of hydrogen-bond donors (Lipinski definition) is 2. The van der Waals surface area contributed by atoms with Crippen molar-refractivity contribution >= 4 is 11.4 Å². The van der Waals surface area contributed by atoms with Crippen LogP contribution in [0.3, 0.4) is 0 Å². The van der Waals surface area contributed by atoms with E-state index >= 15 is 0 Å². The van der Waals surface area contributed by atoms with E-state index in [4.69, 9.17) is 5.41 Å². The highest BCUT2D eigenvalue weighted by Crippen LogP contribution is 2.23. The van der Waals surface area contributed by atoms with Gasteiger partial charge in [-0.2, -0.15) is 8.78 Å². The second kappa shape index (κ2) is 4.72. The van der Waals surface area contributed by atoms with Crippen LogP contribution in [0.1, 0.15) is 12.5 Å². The van der Waals surface area contributed by atoms with Gasteiger partial charge in [0.15, 0.2) is 0 Å². The highest BCUT2D eigenvalue weighted by molar-refractivity contribution is 6.01. The van der Waals surface area contributed by atoms with E-state index in [0.717, 1.165) is 0 Å². The smallest absolute Gasteiger partial charge is 0.387 e. The van der Waals surface area contributed by atoms with Crippen LogP contribution in [-0.4, -0.2) is 19.4 Å². The van der Waals surface area contributed by atoms with Gasteiger partial charge in [0.05, 0.1) is 0 Å². The minimum Gasteiger partial charge on any atom is -0.435 e. The normalized spacial score (nSPS) is 10.2. The molecule has 0 radical (unpaired) electrons. The molecule has 3 nitrogen and oxygen atoms in total. The molecule has 82 valence electrons. The third kappa shape index (κ3) is 2.90. The SMILES string of the molecule is CNc1ccc(OC(F)F)cc1C(C)=N. The van der Waals surface area contributed by atoms with E-state index in [2.05, 4.69) is 10.1 Å². The lowest BCUT2D eigenvalue weighted by atomic mass is 10.1. The molecule has 0 unspecified atom stereocenters. The number of benzene rings is 1. The van der Waals surface area contributed by atoms with Crippen LogP contribution in [0.15, 0.2) is 18.2 Å². The van der Waals surface area contributed by atoms with Crippen LogP contribution >= 0.6 is 0 Å². The van der Waals surface area contributed by atoms with E-state index in [1.165, 1.54) is 12.1 Å². The van der Waals surface area contributed by atoms with Crippen molar-refractivity contribution in [2.24, 2.45) is 0 Å². The van der Waals surface area contributed by atoms with Gasteiger partial charge in [0, 0.05) is 24.0 Å². The molecule has 1 aromatic rings. The van der Waals surface area contributed by atoms with Crippen molar-refractivity contribution in [1.29, 1.82) is 5.41 Å². The Kier molecular flexibility index (Phi) is 3.60. The van der Waals surface area contributed by atoms with Crippen LogP contribution in [-0.2, 0) is 0 Å². The lowest BCUT2D eigenvalue weighted by Crippen LogP contribution is -2.05.